The Morgan fingerprint density at radius 1 is 1.12 bits per heavy atom. The fraction of sp³-hybridized carbons (Fsp3) is 0.300. The molecule has 2 aliphatic rings. The fourth-order valence-electron chi connectivity index (χ4n) is 3.12. The summed E-state index contributed by atoms with van der Waals surface area (Å²) in [4.78, 5) is 26.4. The van der Waals surface area contributed by atoms with E-state index in [0.29, 0.717) is 24.4 Å². The summed E-state index contributed by atoms with van der Waals surface area (Å²) >= 11 is 0. The van der Waals surface area contributed by atoms with Gasteiger partial charge in [0.15, 0.2) is 0 Å². The van der Waals surface area contributed by atoms with Crippen LogP contribution in [0.1, 0.15) is 34.3 Å². The second kappa shape index (κ2) is 6.11. The fourth-order valence-corrected chi connectivity index (χ4v) is 3.12. The number of nitrogens with one attached hydrogen (secondary N) is 1. The second-order valence-corrected chi connectivity index (χ2v) is 6.64. The number of carbonyl (C=O) groups is 2. The van der Waals surface area contributed by atoms with Crippen LogP contribution in [0.4, 0.5) is 5.69 Å². The summed E-state index contributed by atoms with van der Waals surface area (Å²) in [5.41, 5.74) is 3.60. The SMILES string of the molecule is O=C(NCC1CC1)c1ccc2c(c1)CC(=O)N2Cc1ccccc1. The van der Waals surface area contributed by atoms with Crippen LogP contribution >= 0.6 is 0 Å². The van der Waals surface area contributed by atoms with Crippen molar-refractivity contribution in [2.45, 2.75) is 25.8 Å². The molecule has 1 aliphatic heterocycles. The zero-order valence-electron chi connectivity index (χ0n) is 13.5. The van der Waals surface area contributed by atoms with Crippen molar-refractivity contribution in [3.63, 3.8) is 0 Å². The molecule has 0 aromatic heterocycles. The van der Waals surface area contributed by atoms with Gasteiger partial charge in [-0.25, -0.2) is 0 Å². The summed E-state index contributed by atoms with van der Waals surface area (Å²) in [6.07, 6.45) is 2.80. The van der Waals surface area contributed by atoms with E-state index in [-0.39, 0.29) is 11.8 Å². The molecule has 0 unspecified atom stereocenters. The van der Waals surface area contributed by atoms with Crippen LogP contribution in [0.3, 0.4) is 0 Å². The first-order valence-corrected chi connectivity index (χ1v) is 8.46. The van der Waals surface area contributed by atoms with Crippen LogP contribution in [0.25, 0.3) is 0 Å². The average Bonchev–Trinajstić information content (AvgIpc) is 3.38. The van der Waals surface area contributed by atoms with Crippen LogP contribution in [0.5, 0.6) is 0 Å². The van der Waals surface area contributed by atoms with Gasteiger partial charge in [-0.1, -0.05) is 30.3 Å². The summed E-state index contributed by atoms with van der Waals surface area (Å²) < 4.78 is 0. The van der Waals surface area contributed by atoms with Crippen molar-refractivity contribution in [1.29, 1.82) is 0 Å². The highest BCUT2D eigenvalue weighted by Gasteiger charge is 2.28. The lowest BCUT2D eigenvalue weighted by atomic mass is 10.1. The van der Waals surface area contributed by atoms with Gasteiger partial charge in [0, 0.05) is 17.8 Å². The molecule has 0 bridgehead atoms. The number of anilines is 1. The van der Waals surface area contributed by atoms with Gasteiger partial charge in [-0.2, -0.15) is 0 Å². The summed E-state index contributed by atoms with van der Waals surface area (Å²) in [6.45, 7) is 1.33. The Balaban J connectivity index is 1.51. The van der Waals surface area contributed by atoms with Gasteiger partial charge < -0.3 is 10.2 Å². The van der Waals surface area contributed by atoms with Gasteiger partial charge in [-0.3, -0.25) is 9.59 Å². The van der Waals surface area contributed by atoms with Crippen LogP contribution in [0.15, 0.2) is 48.5 Å². The van der Waals surface area contributed by atoms with Gasteiger partial charge in [0.05, 0.1) is 13.0 Å². The third kappa shape index (κ3) is 3.04. The molecule has 1 saturated carbocycles. The number of hydrogen-bond acceptors (Lipinski definition) is 2. The first kappa shape index (κ1) is 14.9. The lowest BCUT2D eigenvalue weighted by Crippen LogP contribution is -2.26. The average molecular weight is 320 g/mol. The molecule has 0 saturated heterocycles. The molecule has 2 amide bonds. The van der Waals surface area contributed by atoms with Crippen LogP contribution < -0.4 is 10.2 Å². The highest BCUT2D eigenvalue weighted by atomic mass is 16.2. The predicted molar refractivity (Wildman–Crippen MR) is 92.8 cm³/mol. The topological polar surface area (TPSA) is 49.4 Å². The highest BCUT2D eigenvalue weighted by molar-refractivity contribution is 6.03. The smallest absolute Gasteiger partial charge is 0.251 e. The van der Waals surface area contributed by atoms with Gasteiger partial charge in [0.2, 0.25) is 5.91 Å². The molecule has 4 rings (SSSR count). The zero-order valence-corrected chi connectivity index (χ0v) is 13.5. The molecule has 0 radical (unpaired) electrons. The Morgan fingerprint density at radius 2 is 1.92 bits per heavy atom. The Bertz CT molecular complexity index is 781. The third-order valence-corrected chi connectivity index (χ3v) is 4.71. The highest BCUT2D eigenvalue weighted by Crippen LogP contribution is 2.31. The van der Waals surface area contributed by atoms with Gasteiger partial charge in [0.1, 0.15) is 0 Å². The Labute approximate surface area is 141 Å². The molecule has 4 heteroatoms. The summed E-state index contributed by atoms with van der Waals surface area (Å²) in [5, 5.41) is 2.98. The van der Waals surface area contributed by atoms with E-state index in [1.807, 2.05) is 48.5 Å². The van der Waals surface area contributed by atoms with E-state index < -0.39 is 0 Å². The predicted octanol–water partition coefficient (Wildman–Crippen LogP) is 2.92. The number of carbonyl (C=O) groups excluding carboxylic acids is 2. The van der Waals surface area contributed by atoms with Crippen molar-refractivity contribution in [3.05, 3.63) is 65.2 Å². The minimum atomic E-state index is -0.0429. The first-order chi connectivity index (χ1) is 11.7. The number of rotatable bonds is 5. The van der Waals surface area contributed by atoms with Crippen molar-refractivity contribution >= 4 is 17.5 Å². The van der Waals surface area contributed by atoms with E-state index in [2.05, 4.69) is 5.32 Å². The summed E-state index contributed by atoms with van der Waals surface area (Å²) in [7, 11) is 0. The largest absolute Gasteiger partial charge is 0.352 e. The summed E-state index contributed by atoms with van der Waals surface area (Å²) in [6, 6.07) is 15.5. The van der Waals surface area contributed by atoms with Gasteiger partial charge >= 0.3 is 0 Å². The lowest BCUT2D eigenvalue weighted by molar-refractivity contribution is -0.117. The van der Waals surface area contributed by atoms with Crippen LogP contribution in [0.2, 0.25) is 0 Å². The molecule has 1 heterocycles. The molecule has 1 aliphatic carbocycles. The molecule has 1 fully saturated rings. The zero-order chi connectivity index (χ0) is 16.5. The quantitative estimate of drug-likeness (QED) is 0.921. The maximum Gasteiger partial charge on any atom is 0.251 e. The first-order valence-electron chi connectivity index (χ1n) is 8.46. The number of nitrogens with zero attached hydrogens (tertiary/aromatic N) is 1. The van der Waals surface area contributed by atoms with E-state index in [9.17, 15) is 9.59 Å². The van der Waals surface area contributed by atoms with Crippen LogP contribution in [-0.4, -0.2) is 18.4 Å². The number of fused-ring (bicyclic) bond motifs is 1. The molecule has 122 valence electrons. The maximum atomic E-state index is 12.4. The Morgan fingerprint density at radius 3 is 2.67 bits per heavy atom. The Kier molecular flexibility index (Phi) is 3.81. The molecular weight excluding hydrogens is 300 g/mol. The molecule has 24 heavy (non-hydrogen) atoms. The van der Waals surface area contributed by atoms with Gasteiger partial charge in [-0.15, -0.1) is 0 Å². The second-order valence-electron chi connectivity index (χ2n) is 6.64. The van der Waals surface area contributed by atoms with E-state index in [4.69, 9.17) is 0 Å². The standard InChI is InChI=1S/C20H20N2O2/c23-19-11-17-10-16(20(24)21-12-14-6-7-14)8-9-18(17)22(19)13-15-4-2-1-3-5-15/h1-5,8-10,14H,6-7,11-13H2,(H,21,24). The van der Waals surface area contributed by atoms with Crippen molar-refractivity contribution in [2.24, 2.45) is 5.92 Å². The van der Waals surface area contributed by atoms with E-state index >= 15 is 0 Å². The van der Waals surface area contributed by atoms with Gasteiger partial charge in [-0.05, 0) is 48.1 Å². The molecule has 1 N–H and O–H groups in total. The molecule has 0 spiro atoms. The lowest BCUT2D eigenvalue weighted by Gasteiger charge is -2.17. The van der Waals surface area contributed by atoms with E-state index in [1.54, 1.807) is 4.90 Å². The number of hydrogen-bond donors (Lipinski definition) is 1. The number of amides is 2. The van der Waals surface area contributed by atoms with Crippen LogP contribution in [0, 0.1) is 5.92 Å². The maximum absolute atomic E-state index is 12.4. The molecule has 0 atom stereocenters. The van der Waals surface area contributed by atoms with Gasteiger partial charge in [0.25, 0.3) is 5.91 Å². The normalized spacial score (nSPS) is 16.2. The molecule has 2 aromatic carbocycles. The molecule has 4 nitrogen and oxygen atoms in total. The minimum absolute atomic E-state index is 0.0429. The monoisotopic (exact) mass is 320 g/mol. The third-order valence-electron chi connectivity index (χ3n) is 4.71. The Hall–Kier alpha value is -2.62. The molecule has 2 aromatic rings. The molecular formula is C20H20N2O2. The van der Waals surface area contributed by atoms with Crippen molar-refractivity contribution in [1.82, 2.24) is 5.32 Å². The van der Waals surface area contributed by atoms with Crippen molar-refractivity contribution in [3.8, 4) is 0 Å². The van der Waals surface area contributed by atoms with Crippen LogP contribution in [-0.2, 0) is 17.8 Å². The van der Waals surface area contributed by atoms with Crippen molar-refractivity contribution in [2.75, 3.05) is 11.4 Å². The van der Waals surface area contributed by atoms with E-state index in [0.717, 1.165) is 23.4 Å². The van der Waals surface area contributed by atoms with E-state index in [1.165, 1.54) is 12.8 Å². The minimum Gasteiger partial charge on any atom is -0.352 e. The number of benzene rings is 2. The summed E-state index contributed by atoms with van der Waals surface area (Å²) in [5.74, 6) is 0.703. The van der Waals surface area contributed by atoms with Crippen molar-refractivity contribution < 1.29 is 9.59 Å².